The Labute approximate surface area is 150 Å². The van der Waals surface area contributed by atoms with Gasteiger partial charge in [-0.05, 0) is 27.7 Å². The minimum atomic E-state index is 0.653. The smallest absolute Gasteiger partial charge is 0.0671 e. The van der Waals surface area contributed by atoms with Crippen molar-refractivity contribution in [3.63, 3.8) is 0 Å². The zero-order valence-corrected chi connectivity index (χ0v) is 16.9. The maximum atomic E-state index is 5.00. The average Bonchev–Trinajstić information content (AvgIpc) is 2.53. The Morgan fingerprint density at radius 3 is 1.29 bits per heavy atom. The van der Waals surface area contributed by atoms with Crippen LogP contribution in [0.15, 0.2) is 49.6 Å². The third-order valence-electron chi connectivity index (χ3n) is 1.67. The molecule has 0 N–H and O–H groups in total. The van der Waals surface area contributed by atoms with Gasteiger partial charge in [0.25, 0.3) is 0 Å². The molecular weight excluding hydrogens is 304 g/mol. The summed E-state index contributed by atoms with van der Waals surface area (Å²) in [4.78, 5) is 0. The molecule has 0 aliphatic heterocycles. The van der Waals surface area contributed by atoms with E-state index in [1.807, 2.05) is 27.7 Å². The van der Waals surface area contributed by atoms with Crippen LogP contribution >= 0.6 is 0 Å². The van der Waals surface area contributed by atoms with E-state index >= 15 is 0 Å². The molecule has 0 heterocycles. The van der Waals surface area contributed by atoms with Crippen molar-refractivity contribution in [3.8, 4) is 0 Å². The molecule has 0 amide bonds. The van der Waals surface area contributed by atoms with Crippen molar-refractivity contribution < 1.29 is 18.9 Å². The molecule has 0 aliphatic carbocycles. The molecular formula is C20H40O4. The summed E-state index contributed by atoms with van der Waals surface area (Å²) in [5.74, 6) is 0. The van der Waals surface area contributed by atoms with Crippen molar-refractivity contribution in [1.29, 1.82) is 0 Å². The van der Waals surface area contributed by atoms with Crippen molar-refractivity contribution in [2.24, 2.45) is 0 Å². The van der Waals surface area contributed by atoms with E-state index in [4.69, 9.17) is 14.2 Å². The van der Waals surface area contributed by atoms with Gasteiger partial charge in [-0.2, -0.15) is 0 Å². The Balaban J connectivity index is -0.000000112. The van der Waals surface area contributed by atoms with Gasteiger partial charge in [0.2, 0.25) is 0 Å². The summed E-state index contributed by atoms with van der Waals surface area (Å²) in [6, 6.07) is 0. The van der Waals surface area contributed by atoms with Crippen LogP contribution in [0.2, 0.25) is 0 Å². The van der Waals surface area contributed by atoms with Crippen molar-refractivity contribution >= 4 is 0 Å². The molecule has 0 aromatic heterocycles. The van der Waals surface area contributed by atoms with Crippen LogP contribution in [0.1, 0.15) is 27.7 Å². The summed E-state index contributed by atoms with van der Waals surface area (Å²) in [7, 11) is 3.30. The topological polar surface area (TPSA) is 36.9 Å². The molecule has 24 heavy (non-hydrogen) atoms. The van der Waals surface area contributed by atoms with Crippen LogP contribution in [0.5, 0.6) is 0 Å². The molecule has 0 aliphatic rings. The van der Waals surface area contributed by atoms with E-state index in [2.05, 4.69) is 31.1 Å². The van der Waals surface area contributed by atoms with Crippen LogP contribution in [0.3, 0.4) is 0 Å². The predicted octanol–water partition coefficient (Wildman–Crippen LogP) is 4.84. The molecule has 144 valence electrons. The van der Waals surface area contributed by atoms with Crippen LogP contribution in [0.4, 0.5) is 0 Å². The Bertz CT molecular complexity index is 273. The molecule has 0 saturated heterocycles. The lowest BCUT2D eigenvalue weighted by molar-refractivity contribution is 0.171. The van der Waals surface area contributed by atoms with Gasteiger partial charge in [0.1, 0.15) is 0 Å². The molecule has 0 rings (SSSR count). The van der Waals surface area contributed by atoms with Gasteiger partial charge in [0, 0.05) is 27.4 Å². The number of hydrogen-bond acceptors (Lipinski definition) is 4. The standard InChI is InChI=1S/C6H12O.2C5H10O.C4H8O/c1-4-7-5-6(2)3;1-5(2)4-6-3;1-3-5-6-4-2;1-3-4-5-2/h2,4-5H2,1,3H3;1,4H2,2-3H3;3H,1,4-5H2,2H3;3H,1,4H2,2H3. The molecule has 0 bridgehead atoms. The lowest BCUT2D eigenvalue weighted by atomic mass is 10.4. The lowest BCUT2D eigenvalue weighted by Gasteiger charge is -1.95. The summed E-state index contributed by atoms with van der Waals surface area (Å²) in [6.45, 7) is 26.3. The first-order chi connectivity index (χ1) is 11.4. The molecule has 0 radical (unpaired) electrons. The van der Waals surface area contributed by atoms with Gasteiger partial charge in [-0.1, -0.05) is 36.5 Å². The Hall–Kier alpha value is -1.20. The minimum Gasteiger partial charge on any atom is -0.381 e. The van der Waals surface area contributed by atoms with E-state index in [0.29, 0.717) is 26.4 Å². The van der Waals surface area contributed by atoms with Crippen molar-refractivity contribution in [2.75, 3.05) is 53.9 Å². The molecule has 0 spiro atoms. The second-order valence-corrected chi connectivity index (χ2v) is 4.68. The first-order valence-electron chi connectivity index (χ1n) is 8.01. The highest BCUT2D eigenvalue weighted by molar-refractivity contribution is 4.87. The molecule has 0 atom stereocenters. The highest BCUT2D eigenvalue weighted by atomic mass is 16.5. The maximum Gasteiger partial charge on any atom is 0.0671 e. The minimum absolute atomic E-state index is 0.653. The third kappa shape index (κ3) is 69.9. The highest BCUT2D eigenvalue weighted by Gasteiger charge is 1.79. The predicted molar refractivity (Wildman–Crippen MR) is 107 cm³/mol. The first-order valence-corrected chi connectivity index (χ1v) is 8.01. The fourth-order valence-electron chi connectivity index (χ4n) is 0.842. The van der Waals surface area contributed by atoms with Gasteiger partial charge in [-0.25, -0.2) is 0 Å². The van der Waals surface area contributed by atoms with Gasteiger partial charge < -0.3 is 18.9 Å². The molecule has 0 aromatic rings. The quantitative estimate of drug-likeness (QED) is 0.420. The molecule has 4 heteroatoms. The summed E-state index contributed by atoms with van der Waals surface area (Å²) in [5, 5.41) is 0. The van der Waals surface area contributed by atoms with Crippen LogP contribution < -0.4 is 0 Å². The Morgan fingerprint density at radius 2 is 1.21 bits per heavy atom. The second-order valence-electron chi connectivity index (χ2n) is 4.68. The third-order valence-corrected chi connectivity index (χ3v) is 1.67. The zero-order chi connectivity index (χ0) is 19.6. The largest absolute Gasteiger partial charge is 0.381 e. The summed E-state index contributed by atoms with van der Waals surface area (Å²) in [5.41, 5.74) is 2.15. The normalized spacial score (nSPS) is 8.25. The highest BCUT2D eigenvalue weighted by Crippen LogP contribution is 1.85. The van der Waals surface area contributed by atoms with Crippen molar-refractivity contribution in [1.82, 2.24) is 0 Å². The van der Waals surface area contributed by atoms with Gasteiger partial charge in [-0.3, -0.25) is 0 Å². The van der Waals surface area contributed by atoms with Gasteiger partial charge >= 0.3 is 0 Å². The second kappa shape index (κ2) is 33.4. The van der Waals surface area contributed by atoms with Gasteiger partial charge in [0.05, 0.1) is 26.4 Å². The molecule has 0 aromatic carbocycles. The average molecular weight is 345 g/mol. The van der Waals surface area contributed by atoms with E-state index in [0.717, 1.165) is 24.4 Å². The van der Waals surface area contributed by atoms with E-state index in [1.165, 1.54) is 0 Å². The van der Waals surface area contributed by atoms with E-state index < -0.39 is 0 Å². The SMILES string of the molecule is C=C(C)COC.C=C(C)COCC.C=CCOC.C=CCOCC. The van der Waals surface area contributed by atoms with E-state index in [-0.39, 0.29) is 0 Å². The van der Waals surface area contributed by atoms with Crippen LogP contribution in [0.25, 0.3) is 0 Å². The summed E-state index contributed by atoms with van der Waals surface area (Å²) < 4.78 is 19.1. The Morgan fingerprint density at radius 1 is 0.750 bits per heavy atom. The monoisotopic (exact) mass is 344 g/mol. The van der Waals surface area contributed by atoms with Crippen LogP contribution in [-0.2, 0) is 18.9 Å². The van der Waals surface area contributed by atoms with Gasteiger partial charge in [-0.15, -0.1) is 13.2 Å². The van der Waals surface area contributed by atoms with Crippen molar-refractivity contribution in [3.05, 3.63) is 49.6 Å². The Kier molecular flexibility index (Phi) is 42.7. The van der Waals surface area contributed by atoms with Gasteiger partial charge in [0.15, 0.2) is 0 Å². The molecule has 0 saturated carbocycles. The first kappa shape index (κ1) is 30.7. The van der Waals surface area contributed by atoms with Crippen molar-refractivity contribution in [2.45, 2.75) is 27.7 Å². The number of methoxy groups -OCH3 is 2. The molecule has 0 unspecified atom stereocenters. The molecule has 4 nitrogen and oxygen atoms in total. The molecule has 0 fully saturated rings. The van der Waals surface area contributed by atoms with Crippen LogP contribution in [-0.4, -0.2) is 53.9 Å². The summed E-state index contributed by atoms with van der Waals surface area (Å²) >= 11 is 0. The van der Waals surface area contributed by atoms with E-state index in [1.54, 1.807) is 26.4 Å². The lowest BCUT2D eigenvalue weighted by Crippen LogP contribution is -1.92. The summed E-state index contributed by atoms with van der Waals surface area (Å²) in [6.07, 6.45) is 3.45. The van der Waals surface area contributed by atoms with Crippen LogP contribution in [0, 0.1) is 0 Å². The number of hydrogen-bond donors (Lipinski definition) is 0. The maximum absolute atomic E-state index is 5.00. The van der Waals surface area contributed by atoms with E-state index in [9.17, 15) is 0 Å². The fraction of sp³-hybridized carbons (Fsp3) is 0.600. The number of rotatable bonds is 10. The zero-order valence-electron chi connectivity index (χ0n) is 16.9. The number of ether oxygens (including phenoxy) is 4. The fourth-order valence-corrected chi connectivity index (χ4v) is 0.842.